The average molecular weight is 644 g/mol. The van der Waals surface area contributed by atoms with Crippen LogP contribution in [0.25, 0.3) is 75.1 Å². The van der Waals surface area contributed by atoms with Crippen LogP contribution < -0.4 is 4.90 Å². The lowest BCUT2D eigenvalue weighted by Crippen LogP contribution is -2.10. The van der Waals surface area contributed by atoms with Crippen molar-refractivity contribution in [2.24, 2.45) is 0 Å². The van der Waals surface area contributed by atoms with Crippen LogP contribution in [0, 0.1) is 0 Å². The highest BCUT2D eigenvalue weighted by Crippen LogP contribution is 2.48. The highest BCUT2D eigenvalue weighted by Gasteiger charge is 2.23. The van der Waals surface area contributed by atoms with Gasteiger partial charge in [0.05, 0.1) is 16.8 Å². The first kappa shape index (κ1) is 27.9. The van der Waals surface area contributed by atoms with E-state index in [0.717, 1.165) is 44.4 Å². The third-order valence-electron chi connectivity index (χ3n) is 9.68. The maximum Gasteiger partial charge on any atom is 0.143 e. The summed E-state index contributed by atoms with van der Waals surface area (Å²) < 4.78 is 9.23. The van der Waals surface area contributed by atoms with E-state index in [2.05, 4.69) is 181 Å². The maximum atomic E-state index is 6.66. The SMILES string of the molecule is c1ccc(-c2ccc(-c3ccc(N(c4cccc5oc6c7ccccc7ccc6c45)c4cccc5sc6ccccc6c45)cc3)cc2)cc1. The summed E-state index contributed by atoms with van der Waals surface area (Å²) in [6.07, 6.45) is 0. The van der Waals surface area contributed by atoms with Gasteiger partial charge in [0.25, 0.3) is 0 Å². The molecule has 0 bridgehead atoms. The van der Waals surface area contributed by atoms with Crippen LogP contribution in [0.15, 0.2) is 180 Å². The van der Waals surface area contributed by atoms with Crippen LogP contribution in [-0.4, -0.2) is 0 Å². The third kappa shape index (κ3) is 4.55. The molecule has 0 aliphatic rings. The van der Waals surface area contributed by atoms with Crippen LogP contribution in [0.5, 0.6) is 0 Å². The zero-order chi connectivity index (χ0) is 32.3. The van der Waals surface area contributed by atoms with Gasteiger partial charge >= 0.3 is 0 Å². The van der Waals surface area contributed by atoms with E-state index in [1.54, 1.807) is 0 Å². The van der Waals surface area contributed by atoms with E-state index in [1.165, 1.54) is 47.8 Å². The van der Waals surface area contributed by atoms with Crippen molar-refractivity contribution < 1.29 is 4.42 Å². The lowest BCUT2D eigenvalue weighted by atomic mass is 9.99. The van der Waals surface area contributed by atoms with Gasteiger partial charge in [-0.05, 0) is 76.2 Å². The Balaban J connectivity index is 1.18. The Kier molecular flexibility index (Phi) is 6.39. The van der Waals surface area contributed by atoms with E-state index in [1.807, 2.05) is 11.3 Å². The molecule has 0 fully saturated rings. The van der Waals surface area contributed by atoms with Gasteiger partial charge in [-0.25, -0.2) is 0 Å². The Morgan fingerprint density at radius 1 is 0.388 bits per heavy atom. The van der Waals surface area contributed by atoms with Crippen LogP contribution in [-0.2, 0) is 0 Å². The monoisotopic (exact) mass is 643 g/mol. The van der Waals surface area contributed by atoms with Gasteiger partial charge in [0.1, 0.15) is 11.2 Å². The van der Waals surface area contributed by atoms with Crippen molar-refractivity contribution in [1.82, 2.24) is 0 Å². The first-order valence-electron chi connectivity index (χ1n) is 16.6. The van der Waals surface area contributed by atoms with Gasteiger partial charge in [-0.2, -0.15) is 0 Å². The molecule has 0 N–H and O–H groups in total. The molecule has 2 aromatic heterocycles. The van der Waals surface area contributed by atoms with Crippen LogP contribution >= 0.6 is 11.3 Å². The fourth-order valence-electron chi connectivity index (χ4n) is 7.36. The van der Waals surface area contributed by atoms with Crippen molar-refractivity contribution in [2.45, 2.75) is 0 Å². The molecule has 10 rings (SSSR count). The van der Waals surface area contributed by atoms with Crippen molar-refractivity contribution in [1.29, 1.82) is 0 Å². The van der Waals surface area contributed by atoms with Crippen LogP contribution in [0.1, 0.15) is 0 Å². The normalized spacial score (nSPS) is 11.7. The zero-order valence-electron chi connectivity index (χ0n) is 26.5. The minimum atomic E-state index is 0.881. The summed E-state index contributed by atoms with van der Waals surface area (Å²) >= 11 is 1.85. The van der Waals surface area contributed by atoms with E-state index in [-0.39, 0.29) is 0 Å². The summed E-state index contributed by atoms with van der Waals surface area (Å²) in [5.74, 6) is 0. The number of thiophene rings is 1. The second kappa shape index (κ2) is 11.2. The molecule has 0 radical (unpaired) electrons. The number of fused-ring (bicyclic) bond motifs is 8. The van der Waals surface area contributed by atoms with Gasteiger partial charge in [0, 0.05) is 36.6 Å². The summed E-state index contributed by atoms with van der Waals surface area (Å²) in [5.41, 5.74) is 9.96. The van der Waals surface area contributed by atoms with Crippen LogP contribution in [0.3, 0.4) is 0 Å². The van der Waals surface area contributed by atoms with Crippen LogP contribution in [0.4, 0.5) is 17.1 Å². The summed E-state index contributed by atoms with van der Waals surface area (Å²) in [6.45, 7) is 0. The predicted molar refractivity (Wildman–Crippen MR) is 210 cm³/mol. The molecule has 230 valence electrons. The fraction of sp³-hybridized carbons (Fsp3) is 0. The molecule has 2 nitrogen and oxygen atoms in total. The molecule has 0 aliphatic carbocycles. The van der Waals surface area contributed by atoms with Gasteiger partial charge in [0.15, 0.2) is 0 Å². The standard InChI is InChI=1S/C46H29NOS/c1-2-10-30(11-3-1)31-20-22-32(23-21-31)33-24-27-35(28-25-33)47(40-16-9-19-43-45(40)37-14-6-7-18-42(37)49-43)39-15-8-17-41-44(39)38-29-26-34-12-4-5-13-36(34)46(38)48-41/h1-29H. The minimum Gasteiger partial charge on any atom is -0.455 e. The van der Waals surface area contributed by atoms with Gasteiger partial charge < -0.3 is 9.32 Å². The average Bonchev–Trinajstić information content (AvgIpc) is 3.75. The van der Waals surface area contributed by atoms with Crippen molar-refractivity contribution >= 4 is 81.3 Å². The third-order valence-corrected chi connectivity index (χ3v) is 10.8. The van der Waals surface area contributed by atoms with Crippen molar-refractivity contribution in [3.05, 3.63) is 176 Å². The summed E-state index contributed by atoms with van der Waals surface area (Å²) in [5, 5.41) is 7.07. The molecule has 0 amide bonds. The number of benzene rings is 8. The van der Waals surface area contributed by atoms with Gasteiger partial charge in [-0.1, -0.05) is 127 Å². The van der Waals surface area contributed by atoms with Crippen molar-refractivity contribution in [2.75, 3.05) is 4.90 Å². The maximum absolute atomic E-state index is 6.66. The van der Waals surface area contributed by atoms with Crippen molar-refractivity contribution in [3.8, 4) is 22.3 Å². The van der Waals surface area contributed by atoms with Gasteiger partial charge in [0.2, 0.25) is 0 Å². The summed E-state index contributed by atoms with van der Waals surface area (Å²) in [4.78, 5) is 2.43. The number of nitrogens with zero attached hydrogens (tertiary/aromatic N) is 1. The number of rotatable bonds is 5. The molecule has 0 saturated carbocycles. The summed E-state index contributed by atoms with van der Waals surface area (Å²) in [7, 11) is 0. The molecule has 0 atom stereocenters. The first-order chi connectivity index (χ1) is 24.3. The molecule has 0 aliphatic heterocycles. The largest absolute Gasteiger partial charge is 0.455 e. The molecule has 10 aromatic rings. The molecular formula is C46H29NOS. The Morgan fingerprint density at radius 3 is 1.76 bits per heavy atom. The molecule has 8 aromatic carbocycles. The molecule has 0 saturated heterocycles. The lowest BCUT2D eigenvalue weighted by Gasteiger charge is -2.27. The zero-order valence-corrected chi connectivity index (χ0v) is 27.3. The second-order valence-corrected chi connectivity index (χ2v) is 13.6. The molecule has 3 heteroatoms. The number of hydrogen-bond donors (Lipinski definition) is 0. The quantitative estimate of drug-likeness (QED) is 0.186. The molecule has 0 spiro atoms. The number of hydrogen-bond acceptors (Lipinski definition) is 3. The van der Waals surface area contributed by atoms with E-state index < -0.39 is 0 Å². The molecule has 2 heterocycles. The minimum absolute atomic E-state index is 0.881. The van der Waals surface area contributed by atoms with E-state index in [0.29, 0.717) is 0 Å². The second-order valence-electron chi connectivity index (χ2n) is 12.5. The summed E-state index contributed by atoms with van der Waals surface area (Å²) in [6, 6.07) is 63.1. The highest BCUT2D eigenvalue weighted by atomic mass is 32.1. The van der Waals surface area contributed by atoms with Gasteiger partial charge in [-0.3, -0.25) is 0 Å². The van der Waals surface area contributed by atoms with E-state index in [9.17, 15) is 0 Å². The van der Waals surface area contributed by atoms with Crippen LogP contribution in [0.2, 0.25) is 0 Å². The smallest absolute Gasteiger partial charge is 0.143 e. The van der Waals surface area contributed by atoms with Gasteiger partial charge in [-0.15, -0.1) is 11.3 Å². The molecule has 49 heavy (non-hydrogen) atoms. The molecular weight excluding hydrogens is 615 g/mol. The molecule has 0 unspecified atom stereocenters. The predicted octanol–water partition coefficient (Wildman–Crippen LogP) is 13.9. The Hall–Kier alpha value is -6.16. The topological polar surface area (TPSA) is 16.4 Å². The Morgan fingerprint density at radius 2 is 0.980 bits per heavy atom. The Labute approximate surface area is 287 Å². The van der Waals surface area contributed by atoms with E-state index in [4.69, 9.17) is 4.42 Å². The Bertz CT molecular complexity index is 2810. The fourth-order valence-corrected chi connectivity index (χ4v) is 8.49. The van der Waals surface area contributed by atoms with Crippen molar-refractivity contribution in [3.63, 3.8) is 0 Å². The lowest BCUT2D eigenvalue weighted by molar-refractivity contribution is 0.672. The number of furan rings is 1. The highest BCUT2D eigenvalue weighted by molar-refractivity contribution is 7.26. The first-order valence-corrected chi connectivity index (χ1v) is 17.4. The van der Waals surface area contributed by atoms with E-state index >= 15 is 0 Å². The number of anilines is 3.